The number of carboxylic acid groups (broad SMARTS) is 2. The average Bonchev–Trinajstić information content (AvgIpc) is 3.26. The SMILES string of the molecule is Cc1cncc(C(=O)N2CC3(CC(OCc4ccncc4)CS3)C2)c1.O=C(O)C(F)(F)F.O=C(O)C(F)(F)F. The molecule has 16 heteroatoms. The number of amides is 1. The van der Waals surface area contributed by atoms with Crippen molar-refractivity contribution in [3.63, 3.8) is 0 Å². The molecule has 1 unspecified atom stereocenters. The normalized spacial score (nSPS) is 17.7. The quantitative estimate of drug-likeness (QED) is 0.514. The summed E-state index contributed by atoms with van der Waals surface area (Å²) in [6.45, 7) is 4.19. The molecule has 2 aliphatic heterocycles. The van der Waals surface area contributed by atoms with E-state index in [0.717, 1.165) is 36.4 Å². The Morgan fingerprint density at radius 3 is 2.05 bits per heavy atom. The smallest absolute Gasteiger partial charge is 0.475 e. The molecule has 4 heterocycles. The molecule has 1 spiro atoms. The highest BCUT2D eigenvalue weighted by atomic mass is 32.2. The molecule has 214 valence electrons. The summed E-state index contributed by atoms with van der Waals surface area (Å²) >= 11 is 1.95. The molecular formula is C23H23F6N3O6S. The maximum absolute atomic E-state index is 12.6. The Morgan fingerprint density at radius 2 is 1.56 bits per heavy atom. The fourth-order valence-electron chi connectivity index (χ4n) is 3.47. The maximum atomic E-state index is 12.6. The number of halogens is 6. The number of rotatable bonds is 4. The first-order chi connectivity index (χ1) is 18.0. The van der Waals surface area contributed by atoms with Gasteiger partial charge in [-0.3, -0.25) is 14.8 Å². The molecule has 2 aliphatic rings. The first kappa shape index (κ1) is 31.8. The van der Waals surface area contributed by atoms with Gasteiger partial charge in [0.15, 0.2) is 0 Å². The van der Waals surface area contributed by atoms with Gasteiger partial charge < -0.3 is 19.8 Å². The Hall–Kier alpha value is -3.40. The van der Waals surface area contributed by atoms with E-state index in [2.05, 4.69) is 9.97 Å². The lowest BCUT2D eigenvalue weighted by atomic mass is 9.92. The standard InChI is InChI=1S/C19H21N3O2S.2C2HF3O2/c1-14-6-16(9-21-8-14)18(23)22-12-19(13-22)7-17(11-25-19)24-10-15-2-4-20-5-3-15;2*3-2(4,5)1(6)7/h2-6,8-9,17H,7,10-13H2,1H3;2*(H,6,7). The van der Waals surface area contributed by atoms with Crippen molar-refractivity contribution in [3.05, 3.63) is 59.7 Å². The van der Waals surface area contributed by atoms with Crippen molar-refractivity contribution in [1.29, 1.82) is 0 Å². The van der Waals surface area contributed by atoms with E-state index in [9.17, 15) is 31.1 Å². The third-order valence-corrected chi connectivity index (χ3v) is 6.84. The number of carbonyl (C=O) groups is 3. The van der Waals surface area contributed by atoms with Crippen molar-refractivity contribution in [2.75, 3.05) is 18.8 Å². The molecule has 0 radical (unpaired) electrons. The molecule has 2 saturated heterocycles. The Bertz CT molecular complexity index is 1120. The highest BCUT2D eigenvalue weighted by molar-refractivity contribution is 8.01. The van der Waals surface area contributed by atoms with Gasteiger partial charge in [0.05, 0.1) is 23.0 Å². The molecule has 9 nitrogen and oxygen atoms in total. The first-order valence-corrected chi connectivity index (χ1v) is 12.0. The number of aliphatic carboxylic acids is 2. The summed E-state index contributed by atoms with van der Waals surface area (Å²) in [5.74, 6) is -4.43. The highest BCUT2D eigenvalue weighted by Crippen LogP contribution is 2.46. The molecular weight excluding hydrogens is 560 g/mol. The molecule has 2 aromatic heterocycles. The van der Waals surface area contributed by atoms with Crippen LogP contribution in [0.1, 0.15) is 27.9 Å². The van der Waals surface area contributed by atoms with E-state index in [0.29, 0.717) is 12.2 Å². The molecule has 0 saturated carbocycles. The van der Waals surface area contributed by atoms with E-state index in [1.165, 1.54) is 0 Å². The van der Waals surface area contributed by atoms with Crippen LogP contribution in [0.25, 0.3) is 0 Å². The minimum absolute atomic E-state index is 0.0866. The van der Waals surface area contributed by atoms with Crippen LogP contribution in [0.5, 0.6) is 0 Å². The monoisotopic (exact) mass is 583 g/mol. The third-order valence-electron chi connectivity index (χ3n) is 5.26. The second-order valence-corrected chi connectivity index (χ2v) is 9.99. The zero-order valence-corrected chi connectivity index (χ0v) is 21.0. The van der Waals surface area contributed by atoms with Gasteiger partial charge in [0, 0.05) is 43.6 Å². The summed E-state index contributed by atoms with van der Waals surface area (Å²) in [6, 6.07) is 5.87. The Balaban J connectivity index is 0.000000317. The second kappa shape index (κ2) is 13.1. The zero-order chi connectivity index (χ0) is 29.4. The Kier molecular flexibility index (Phi) is 10.7. The second-order valence-electron chi connectivity index (χ2n) is 8.50. The molecule has 0 aliphatic carbocycles. The van der Waals surface area contributed by atoms with Crippen molar-refractivity contribution in [2.45, 2.75) is 43.2 Å². The van der Waals surface area contributed by atoms with E-state index in [4.69, 9.17) is 24.5 Å². The molecule has 0 aromatic carbocycles. The largest absolute Gasteiger partial charge is 0.490 e. The van der Waals surface area contributed by atoms with Crippen molar-refractivity contribution in [1.82, 2.24) is 14.9 Å². The molecule has 1 amide bonds. The van der Waals surface area contributed by atoms with Crippen LogP contribution in [-0.4, -0.2) is 85.0 Å². The van der Waals surface area contributed by atoms with Crippen LogP contribution in [0.15, 0.2) is 43.0 Å². The lowest BCUT2D eigenvalue weighted by Crippen LogP contribution is -2.60. The number of thioether (sulfide) groups is 1. The number of aryl methyl sites for hydroxylation is 1. The van der Waals surface area contributed by atoms with Crippen molar-refractivity contribution in [2.24, 2.45) is 0 Å². The van der Waals surface area contributed by atoms with Crippen LogP contribution in [0.3, 0.4) is 0 Å². The van der Waals surface area contributed by atoms with E-state index in [1.54, 1.807) is 24.8 Å². The minimum atomic E-state index is -5.08. The fraction of sp³-hybridized carbons (Fsp3) is 0.435. The van der Waals surface area contributed by atoms with Crippen LogP contribution >= 0.6 is 11.8 Å². The molecule has 1 atom stereocenters. The van der Waals surface area contributed by atoms with E-state index in [1.807, 2.05) is 41.8 Å². The topological polar surface area (TPSA) is 130 Å². The lowest BCUT2D eigenvalue weighted by Gasteiger charge is -2.47. The van der Waals surface area contributed by atoms with Crippen molar-refractivity contribution in [3.8, 4) is 0 Å². The van der Waals surface area contributed by atoms with Crippen molar-refractivity contribution >= 4 is 29.6 Å². The van der Waals surface area contributed by atoms with Gasteiger partial charge in [0.1, 0.15) is 0 Å². The summed E-state index contributed by atoms with van der Waals surface area (Å²) < 4.78 is 69.7. The summed E-state index contributed by atoms with van der Waals surface area (Å²) in [5.41, 5.74) is 2.85. The molecule has 0 bridgehead atoms. The van der Waals surface area contributed by atoms with E-state index < -0.39 is 24.3 Å². The van der Waals surface area contributed by atoms with Gasteiger partial charge in [0.2, 0.25) is 0 Å². The van der Waals surface area contributed by atoms with Crippen LogP contribution < -0.4 is 0 Å². The Morgan fingerprint density at radius 1 is 1.03 bits per heavy atom. The summed E-state index contributed by atoms with van der Waals surface area (Å²) in [6.07, 6.45) is -1.89. The summed E-state index contributed by atoms with van der Waals surface area (Å²) in [5, 5.41) is 14.2. The molecule has 4 rings (SSSR count). The Labute approximate surface area is 222 Å². The van der Waals surface area contributed by atoms with Crippen LogP contribution in [0.2, 0.25) is 0 Å². The molecule has 39 heavy (non-hydrogen) atoms. The third kappa shape index (κ3) is 10.0. The lowest BCUT2D eigenvalue weighted by molar-refractivity contribution is -0.193. The number of nitrogens with zero attached hydrogens (tertiary/aromatic N) is 3. The highest BCUT2D eigenvalue weighted by Gasteiger charge is 2.51. The van der Waals surface area contributed by atoms with Gasteiger partial charge in [-0.05, 0) is 42.7 Å². The minimum Gasteiger partial charge on any atom is -0.475 e. The number of aromatic nitrogens is 2. The number of hydrogen-bond donors (Lipinski definition) is 2. The van der Waals surface area contributed by atoms with Gasteiger partial charge >= 0.3 is 24.3 Å². The van der Waals surface area contributed by atoms with Gasteiger partial charge in [0.25, 0.3) is 5.91 Å². The van der Waals surface area contributed by atoms with E-state index >= 15 is 0 Å². The van der Waals surface area contributed by atoms with Crippen LogP contribution in [0.4, 0.5) is 26.3 Å². The number of carboxylic acids is 2. The van der Waals surface area contributed by atoms with E-state index in [-0.39, 0.29) is 16.8 Å². The van der Waals surface area contributed by atoms with Gasteiger partial charge in [-0.2, -0.15) is 26.3 Å². The summed E-state index contributed by atoms with van der Waals surface area (Å²) in [4.78, 5) is 40.4. The van der Waals surface area contributed by atoms with Gasteiger partial charge in [-0.15, -0.1) is 11.8 Å². The maximum Gasteiger partial charge on any atom is 0.490 e. The number of carbonyl (C=O) groups excluding carboxylic acids is 1. The first-order valence-electron chi connectivity index (χ1n) is 11.0. The number of hydrogen-bond acceptors (Lipinski definition) is 7. The molecule has 2 fully saturated rings. The van der Waals surface area contributed by atoms with Crippen LogP contribution in [0, 0.1) is 6.92 Å². The van der Waals surface area contributed by atoms with Gasteiger partial charge in [-0.1, -0.05) is 0 Å². The average molecular weight is 584 g/mol. The predicted octanol–water partition coefficient (Wildman–Crippen LogP) is 3.97. The molecule has 2 N–H and O–H groups in total. The zero-order valence-electron chi connectivity index (χ0n) is 20.2. The number of likely N-dealkylation sites (tertiary alicyclic amines) is 1. The number of alkyl halides is 6. The van der Waals surface area contributed by atoms with Crippen LogP contribution in [-0.2, 0) is 20.9 Å². The summed E-state index contributed by atoms with van der Waals surface area (Å²) in [7, 11) is 0. The number of pyridine rings is 2. The predicted molar refractivity (Wildman–Crippen MR) is 125 cm³/mol. The fourth-order valence-corrected chi connectivity index (χ4v) is 5.02. The molecule has 2 aromatic rings. The number of ether oxygens (including phenoxy) is 1. The van der Waals surface area contributed by atoms with Gasteiger partial charge in [-0.25, -0.2) is 9.59 Å². The van der Waals surface area contributed by atoms with Crippen molar-refractivity contribution < 1.29 is 55.7 Å².